The van der Waals surface area contributed by atoms with E-state index in [2.05, 4.69) is 34.5 Å². The van der Waals surface area contributed by atoms with Crippen molar-refractivity contribution in [2.24, 2.45) is 0 Å². The second kappa shape index (κ2) is 7.13. The van der Waals surface area contributed by atoms with E-state index in [9.17, 15) is 4.79 Å². The van der Waals surface area contributed by atoms with Crippen molar-refractivity contribution < 1.29 is 9.90 Å². The molecule has 3 rings (SSSR count). The van der Waals surface area contributed by atoms with Crippen molar-refractivity contribution in [1.82, 2.24) is 10.2 Å². The van der Waals surface area contributed by atoms with Gasteiger partial charge in [-0.05, 0) is 28.8 Å². The van der Waals surface area contributed by atoms with E-state index in [0.29, 0.717) is 13.1 Å². The maximum atomic E-state index is 11.1. The number of carboxylic acid groups (broad SMARTS) is 1. The van der Waals surface area contributed by atoms with E-state index < -0.39 is 12.0 Å². The highest BCUT2D eigenvalue weighted by atomic mass is 35.5. The van der Waals surface area contributed by atoms with Crippen LogP contribution in [0, 0.1) is 0 Å². The van der Waals surface area contributed by atoms with Gasteiger partial charge in [-0.15, -0.1) is 0 Å². The van der Waals surface area contributed by atoms with Gasteiger partial charge in [-0.25, -0.2) is 0 Å². The Morgan fingerprint density at radius 3 is 2.35 bits per heavy atom. The molecule has 1 fully saturated rings. The van der Waals surface area contributed by atoms with Crippen LogP contribution < -0.4 is 5.32 Å². The molecule has 5 heteroatoms. The van der Waals surface area contributed by atoms with Gasteiger partial charge in [-0.2, -0.15) is 0 Å². The highest BCUT2D eigenvalue weighted by molar-refractivity contribution is 6.30. The zero-order valence-corrected chi connectivity index (χ0v) is 13.5. The number of aliphatic carboxylic acids is 1. The number of carboxylic acids is 1. The molecule has 0 aliphatic carbocycles. The van der Waals surface area contributed by atoms with E-state index in [1.807, 2.05) is 24.3 Å². The summed E-state index contributed by atoms with van der Waals surface area (Å²) >= 11 is 5.91. The molecule has 0 saturated carbocycles. The van der Waals surface area contributed by atoms with E-state index in [1.54, 1.807) is 0 Å². The normalized spacial score (nSPS) is 18.7. The fourth-order valence-corrected chi connectivity index (χ4v) is 2.95. The van der Waals surface area contributed by atoms with E-state index in [0.717, 1.165) is 29.2 Å². The van der Waals surface area contributed by atoms with Gasteiger partial charge >= 0.3 is 5.97 Å². The van der Waals surface area contributed by atoms with Crippen molar-refractivity contribution in [1.29, 1.82) is 0 Å². The van der Waals surface area contributed by atoms with Gasteiger partial charge in [0.25, 0.3) is 0 Å². The number of hydrogen-bond acceptors (Lipinski definition) is 3. The lowest BCUT2D eigenvalue weighted by atomic mass is 10.0. The van der Waals surface area contributed by atoms with Crippen LogP contribution in [0.4, 0.5) is 0 Å². The zero-order chi connectivity index (χ0) is 16.2. The topological polar surface area (TPSA) is 52.6 Å². The molecule has 1 unspecified atom stereocenters. The fourth-order valence-electron chi connectivity index (χ4n) is 2.82. The summed E-state index contributed by atoms with van der Waals surface area (Å²) in [5, 5.41) is 12.9. The number of nitrogens with zero attached hydrogens (tertiary/aromatic N) is 1. The Bertz CT molecular complexity index is 670. The van der Waals surface area contributed by atoms with Crippen molar-refractivity contribution in [3.05, 3.63) is 59.1 Å². The Balaban J connectivity index is 1.65. The minimum atomic E-state index is -0.784. The maximum Gasteiger partial charge on any atom is 0.322 e. The van der Waals surface area contributed by atoms with Gasteiger partial charge in [0.15, 0.2) is 0 Å². The lowest BCUT2D eigenvalue weighted by Gasteiger charge is -2.31. The number of hydrogen-bond donors (Lipinski definition) is 2. The van der Waals surface area contributed by atoms with E-state index in [-0.39, 0.29) is 0 Å². The zero-order valence-electron chi connectivity index (χ0n) is 12.7. The standard InChI is InChI=1S/C18H19ClN2O2/c19-16-7-5-15(6-8-16)14-3-1-13(2-4-14)11-21-10-9-20-17(12-21)18(22)23/h1-8,17,20H,9-12H2,(H,22,23). The van der Waals surface area contributed by atoms with E-state index >= 15 is 0 Å². The van der Waals surface area contributed by atoms with Gasteiger partial charge in [0.05, 0.1) is 0 Å². The number of carbonyl (C=O) groups is 1. The molecule has 1 saturated heterocycles. The first-order valence-corrected chi connectivity index (χ1v) is 8.03. The molecule has 4 nitrogen and oxygen atoms in total. The summed E-state index contributed by atoms with van der Waals surface area (Å²) in [7, 11) is 0. The van der Waals surface area contributed by atoms with Gasteiger partial charge in [-0.1, -0.05) is 48.0 Å². The van der Waals surface area contributed by atoms with Crippen LogP contribution in [-0.4, -0.2) is 41.7 Å². The Labute approximate surface area is 140 Å². The van der Waals surface area contributed by atoms with Crippen LogP contribution >= 0.6 is 11.6 Å². The molecule has 1 heterocycles. The number of halogens is 1. The lowest BCUT2D eigenvalue weighted by Crippen LogP contribution is -2.53. The highest BCUT2D eigenvalue weighted by Crippen LogP contribution is 2.22. The van der Waals surface area contributed by atoms with Crippen molar-refractivity contribution in [2.75, 3.05) is 19.6 Å². The quantitative estimate of drug-likeness (QED) is 0.905. The maximum absolute atomic E-state index is 11.1. The molecule has 2 N–H and O–H groups in total. The molecule has 120 valence electrons. The van der Waals surface area contributed by atoms with Gasteiger partial charge in [-0.3, -0.25) is 9.69 Å². The average Bonchev–Trinajstić information content (AvgIpc) is 2.57. The monoisotopic (exact) mass is 330 g/mol. The predicted molar refractivity (Wildman–Crippen MR) is 91.6 cm³/mol. The number of nitrogens with one attached hydrogen (secondary N) is 1. The first-order chi connectivity index (χ1) is 11.1. The molecule has 0 spiro atoms. The van der Waals surface area contributed by atoms with Crippen molar-refractivity contribution in [2.45, 2.75) is 12.6 Å². The summed E-state index contributed by atoms with van der Waals surface area (Å²) in [6.45, 7) is 2.88. The van der Waals surface area contributed by atoms with Crippen molar-refractivity contribution in [3.8, 4) is 11.1 Å². The van der Waals surface area contributed by atoms with Gasteiger partial charge in [0, 0.05) is 31.2 Å². The largest absolute Gasteiger partial charge is 0.480 e. The first kappa shape index (κ1) is 16.0. The summed E-state index contributed by atoms with van der Waals surface area (Å²) in [6.07, 6.45) is 0. The van der Waals surface area contributed by atoms with Crippen molar-refractivity contribution >= 4 is 17.6 Å². The molecule has 0 amide bonds. The first-order valence-electron chi connectivity index (χ1n) is 7.65. The third-order valence-corrected chi connectivity index (χ3v) is 4.35. The molecule has 2 aromatic carbocycles. The number of benzene rings is 2. The molecule has 0 radical (unpaired) electrons. The van der Waals surface area contributed by atoms with E-state index in [4.69, 9.17) is 16.7 Å². The molecule has 23 heavy (non-hydrogen) atoms. The summed E-state index contributed by atoms with van der Waals surface area (Å²) in [6, 6.07) is 15.7. The molecule has 1 aliphatic rings. The van der Waals surface area contributed by atoms with Crippen LogP contribution in [0.5, 0.6) is 0 Å². The molecular weight excluding hydrogens is 312 g/mol. The smallest absolute Gasteiger partial charge is 0.322 e. The molecule has 1 aliphatic heterocycles. The summed E-state index contributed by atoms with van der Waals surface area (Å²) in [4.78, 5) is 13.3. The Morgan fingerprint density at radius 2 is 1.74 bits per heavy atom. The predicted octanol–water partition coefficient (Wildman–Crippen LogP) is 2.87. The minimum Gasteiger partial charge on any atom is -0.480 e. The van der Waals surface area contributed by atoms with Crippen LogP contribution in [-0.2, 0) is 11.3 Å². The molecule has 0 bridgehead atoms. The summed E-state index contributed by atoms with van der Waals surface area (Å²) < 4.78 is 0. The SMILES string of the molecule is O=C(O)C1CN(Cc2ccc(-c3ccc(Cl)cc3)cc2)CCN1. The Morgan fingerprint density at radius 1 is 1.13 bits per heavy atom. The Hall–Kier alpha value is -1.88. The highest BCUT2D eigenvalue weighted by Gasteiger charge is 2.24. The second-order valence-corrected chi connectivity index (χ2v) is 6.22. The Kier molecular flexibility index (Phi) is 4.96. The van der Waals surface area contributed by atoms with Gasteiger partial charge in [0.2, 0.25) is 0 Å². The number of piperazine rings is 1. The van der Waals surface area contributed by atoms with Gasteiger partial charge < -0.3 is 10.4 Å². The molecule has 0 aromatic heterocycles. The third-order valence-electron chi connectivity index (χ3n) is 4.10. The van der Waals surface area contributed by atoms with Crippen LogP contribution in [0.15, 0.2) is 48.5 Å². The van der Waals surface area contributed by atoms with Crippen LogP contribution in [0.25, 0.3) is 11.1 Å². The fraction of sp³-hybridized carbons (Fsp3) is 0.278. The van der Waals surface area contributed by atoms with E-state index in [1.165, 1.54) is 5.56 Å². The lowest BCUT2D eigenvalue weighted by molar-refractivity contribution is -0.140. The van der Waals surface area contributed by atoms with Crippen LogP contribution in [0.1, 0.15) is 5.56 Å². The third kappa shape index (κ3) is 4.10. The molecule has 1 atom stereocenters. The number of rotatable bonds is 4. The molecule has 2 aromatic rings. The second-order valence-electron chi connectivity index (χ2n) is 5.78. The summed E-state index contributed by atoms with van der Waals surface area (Å²) in [5.74, 6) is -0.784. The van der Waals surface area contributed by atoms with Crippen LogP contribution in [0.2, 0.25) is 5.02 Å². The molecular formula is C18H19ClN2O2. The summed E-state index contributed by atoms with van der Waals surface area (Å²) in [5.41, 5.74) is 3.47. The minimum absolute atomic E-state index is 0.475. The van der Waals surface area contributed by atoms with Gasteiger partial charge in [0.1, 0.15) is 6.04 Å². The van der Waals surface area contributed by atoms with Crippen LogP contribution in [0.3, 0.4) is 0 Å². The van der Waals surface area contributed by atoms with Crippen molar-refractivity contribution in [3.63, 3.8) is 0 Å². The average molecular weight is 331 g/mol.